The maximum atomic E-state index is 4.48. The zero-order valence-corrected chi connectivity index (χ0v) is 9.83. The second-order valence-corrected chi connectivity index (χ2v) is 4.23. The van der Waals surface area contributed by atoms with E-state index in [1.165, 1.54) is 5.69 Å². The molecule has 0 aliphatic carbocycles. The molecule has 78 valence electrons. The summed E-state index contributed by atoms with van der Waals surface area (Å²) in [6, 6.07) is 2.14. The van der Waals surface area contributed by atoms with Gasteiger partial charge in [0.05, 0.1) is 0 Å². The maximum Gasteiger partial charge on any atom is 0.125 e. The van der Waals surface area contributed by atoms with E-state index in [0.717, 1.165) is 17.9 Å². The number of hydrogen-bond donors (Lipinski definition) is 0. The van der Waals surface area contributed by atoms with Crippen molar-refractivity contribution in [2.45, 2.75) is 52.9 Å². The summed E-state index contributed by atoms with van der Waals surface area (Å²) < 4.78 is 0. The smallest absolute Gasteiger partial charge is 0.125 e. The van der Waals surface area contributed by atoms with Crippen LogP contribution in [0.3, 0.4) is 0 Å². The summed E-state index contributed by atoms with van der Waals surface area (Å²) in [5.41, 5.74) is 2.34. The third kappa shape index (κ3) is 2.53. The molecule has 1 heterocycles. The highest BCUT2D eigenvalue weighted by Gasteiger charge is 2.09. The molecule has 2 nitrogen and oxygen atoms in total. The largest absolute Gasteiger partial charge is 0.238 e. The second-order valence-electron chi connectivity index (χ2n) is 4.23. The zero-order chi connectivity index (χ0) is 10.7. The van der Waals surface area contributed by atoms with Crippen molar-refractivity contribution in [1.29, 1.82) is 0 Å². The van der Waals surface area contributed by atoms with Gasteiger partial charge in [0.2, 0.25) is 0 Å². The minimum absolute atomic E-state index is 0.486. The van der Waals surface area contributed by atoms with E-state index in [4.69, 9.17) is 0 Å². The van der Waals surface area contributed by atoms with Crippen LogP contribution in [-0.4, -0.2) is 9.97 Å². The second kappa shape index (κ2) is 4.54. The summed E-state index contributed by atoms with van der Waals surface area (Å²) in [5, 5.41) is 0. The van der Waals surface area contributed by atoms with Crippen LogP contribution < -0.4 is 0 Å². The maximum absolute atomic E-state index is 4.48. The standard InChI is InChI=1S/C12H20N2/c1-6-9(4)12-7-11(8(2)3)13-10(5)14-12/h7-9H,6H2,1-5H3. The third-order valence-corrected chi connectivity index (χ3v) is 2.59. The molecule has 0 amide bonds. The minimum atomic E-state index is 0.486. The van der Waals surface area contributed by atoms with E-state index in [-0.39, 0.29) is 0 Å². The first kappa shape index (κ1) is 11.2. The van der Waals surface area contributed by atoms with Crippen LogP contribution in [-0.2, 0) is 0 Å². The molecular weight excluding hydrogens is 172 g/mol. The van der Waals surface area contributed by atoms with Gasteiger partial charge >= 0.3 is 0 Å². The number of hydrogen-bond acceptors (Lipinski definition) is 2. The van der Waals surface area contributed by atoms with E-state index in [1.807, 2.05) is 6.92 Å². The Morgan fingerprint density at radius 1 is 1.14 bits per heavy atom. The Kier molecular flexibility index (Phi) is 3.62. The number of nitrogens with zero attached hydrogens (tertiary/aromatic N) is 2. The van der Waals surface area contributed by atoms with E-state index in [9.17, 15) is 0 Å². The first-order chi connectivity index (χ1) is 6.54. The average molecular weight is 192 g/mol. The molecule has 1 aromatic heterocycles. The summed E-state index contributed by atoms with van der Waals surface area (Å²) in [5.74, 6) is 1.92. The summed E-state index contributed by atoms with van der Waals surface area (Å²) in [6.07, 6.45) is 1.13. The molecule has 0 bridgehead atoms. The normalized spacial score (nSPS) is 13.3. The molecule has 0 saturated carbocycles. The van der Waals surface area contributed by atoms with E-state index in [2.05, 4.69) is 43.7 Å². The SMILES string of the molecule is CCC(C)c1cc(C(C)C)nc(C)n1. The Bertz CT molecular complexity index is 305. The lowest BCUT2D eigenvalue weighted by molar-refractivity contribution is 0.686. The molecular formula is C12H20N2. The van der Waals surface area contributed by atoms with Crippen molar-refractivity contribution in [2.24, 2.45) is 0 Å². The fourth-order valence-electron chi connectivity index (χ4n) is 1.37. The predicted molar refractivity (Wildman–Crippen MR) is 59.6 cm³/mol. The van der Waals surface area contributed by atoms with Gasteiger partial charge in [-0.1, -0.05) is 27.7 Å². The molecule has 0 saturated heterocycles. The summed E-state index contributed by atoms with van der Waals surface area (Å²) in [7, 11) is 0. The molecule has 1 aromatic rings. The summed E-state index contributed by atoms with van der Waals surface area (Å²) in [6.45, 7) is 10.7. The van der Waals surface area contributed by atoms with Gasteiger partial charge in [-0.15, -0.1) is 0 Å². The van der Waals surface area contributed by atoms with Crippen LogP contribution in [0.15, 0.2) is 6.07 Å². The third-order valence-electron chi connectivity index (χ3n) is 2.59. The topological polar surface area (TPSA) is 25.8 Å². The van der Waals surface area contributed by atoms with Gasteiger partial charge in [0.15, 0.2) is 0 Å². The van der Waals surface area contributed by atoms with Crippen molar-refractivity contribution in [3.8, 4) is 0 Å². The highest BCUT2D eigenvalue weighted by atomic mass is 14.9. The number of aromatic nitrogens is 2. The summed E-state index contributed by atoms with van der Waals surface area (Å²) in [4.78, 5) is 8.91. The highest BCUT2D eigenvalue weighted by molar-refractivity contribution is 5.16. The monoisotopic (exact) mass is 192 g/mol. The van der Waals surface area contributed by atoms with E-state index in [0.29, 0.717) is 11.8 Å². The Morgan fingerprint density at radius 3 is 2.21 bits per heavy atom. The number of rotatable bonds is 3. The van der Waals surface area contributed by atoms with Gasteiger partial charge < -0.3 is 0 Å². The van der Waals surface area contributed by atoms with Crippen molar-refractivity contribution in [1.82, 2.24) is 9.97 Å². The highest BCUT2D eigenvalue weighted by Crippen LogP contribution is 2.20. The molecule has 0 aliphatic heterocycles. The Morgan fingerprint density at radius 2 is 1.71 bits per heavy atom. The first-order valence-corrected chi connectivity index (χ1v) is 5.40. The quantitative estimate of drug-likeness (QED) is 0.733. The molecule has 0 radical (unpaired) electrons. The molecule has 1 atom stereocenters. The van der Waals surface area contributed by atoms with Crippen molar-refractivity contribution in [3.05, 3.63) is 23.3 Å². The van der Waals surface area contributed by atoms with E-state index < -0.39 is 0 Å². The molecule has 0 fully saturated rings. The predicted octanol–water partition coefficient (Wildman–Crippen LogP) is 3.42. The molecule has 14 heavy (non-hydrogen) atoms. The van der Waals surface area contributed by atoms with E-state index >= 15 is 0 Å². The van der Waals surface area contributed by atoms with Crippen LogP contribution in [0.2, 0.25) is 0 Å². The van der Waals surface area contributed by atoms with Crippen LogP contribution in [0, 0.1) is 6.92 Å². The first-order valence-electron chi connectivity index (χ1n) is 5.40. The van der Waals surface area contributed by atoms with Crippen LogP contribution >= 0.6 is 0 Å². The molecule has 0 spiro atoms. The van der Waals surface area contributed by atoms with Gasteiger partial charge in [-0.2, -0.15) is 0 Å². The number of aryl methyl sites for hydroxylation is 1. The van der Waals surface area contributed by atoms with Crippen LogP contribution in [0.5, 0.6) is 0 Å². The van der Waals surface area contributed by atoms with Crippen LogP contribution in [0.4, 0.5) is 0 Å². The lowest BCUT2D eigenvalue weighted by Crippen LogP contribution is -2.04. The molecule has 1 unspecified atom stereocenters. The Hall–Kier alpha value is -0.920. The van der Waals surface area contributed by atoms with Gasteiger partial charge in [0, 0.05) is 11.4 Å². The lowest BCUT2D eigenvalue weighted by Gasteiger charge is -2.12. The van der Waals surface area contributed by atoms with Gasteiger partial charge in [0.1, 0.15) is 5.82 Å². The minimum Gasteiger partial charge on any atom is -0.238 e. The Labute approximate surface area is 86.8 Å². The molecule has 0 aliphatic rings. The van der Waals surface area contributed by atoms with Gasteiger partial charge in [-0.25, -0.2) is 9.97 Å². The van der Waals surface area contributed by atoms with E-state index in [1.54, 1.807) is 0 Å². The molecule has 1 rings (SSSR count). The van der Waals surface area contributed by atoms with Crippen LogP contribution in [0.25, 0.3) is 0 Å². The fourth-order valence-corrected chi connectivity index (χ4v) is 1.37. The molecule has 2 heteroatoms. The Balaban J connectivity index is 3.07. The average Bonchev–Trinajstić information content (AvgIpc) is 2.15. The van der Waals surface area contributed by atoms with Gasteiger partial charge in [0.25, 0.3) is 0 Å². The van der Waals surface area contributed by atoms with Crippen molar-refractivity contribution < 1.29 is 0 Å². The fraction of sp³-hybridized carbons (Fsp3) is 0.667. The van der Waals surface area contributed by atoms with Crippen LogP contribution in [0.1, 0.15) is 63.2 Å². The lowest BCUT2D eigenvalue weighted by atomic mass is 10.0. The van der Waals surface area contributed by atoms with Gasteiger partial charge in [-0.3, -0.25) is 0 Å². The van der Waals surface area contributed by atoms with Gasteiger partial charge in [-0.05, 0) is 31.2 Å². The zero-order valence-electron chi connectivity index (χ0n) is 9.83. The molecule has 0 N–H and O–H groups in total. The van der Waals surface area contributed by atoms with Crippen molar-refractivity contribution >= 4 is 0 Å². The van der Waals surface area contributed by atoms with Crippen molar-refractivity contribution in [3.63, 3.8) is 0 Å². The summed E-state index contributed by atoms with van der Waals surface area (Å²) >= 11 is 0. The molecule has 0 aromatic carbocycles. The van der Waals surface area contributed by atoms with Crippen molar-refractivity contribution in [2.75, 3.05) is 0 Å².